The van der Waals surface area contributed by atoms with E-state index in [9.17, 15) is 8.42 Å². The minimum atomic E-state index is -3.40. The Balaban J connectivity index is 2.32. The van der Waals surface area contributed by atoms with Crippen LogP contribution in [0.25, 0.3) is 0 Å². The molecule has 2 atom stereocenters. The van der Waals surface area contributed by atoms with Crippen LogP contribution in [-0.4, -0.2) is 40.8 Å². The number of rotatable bonds is 3. The number of aromatic amines is 1. The number of hydrogen-bond acceptors (Lipinski definition) is 3. The number of sulfonamides is 1. The maximum absolute atomic E-state index is 12.2. The summed E-state index contributed by atoms with van der Waals surface area (Å²) in [4.78, 5) is 0. The summed E-state index contributed by atoms with van der Waals surface area (Å²) >= 11 is 3.38. The molecule has 2 rings (SSSR count). The third-order valence-electron chi connectivity index (χ3n) is 3.05. The molecule has 1 aliphatic rings. The van der Waals surface area contributed by atoms with Gasteiger partial charge in [0.15, 0.2) is 5.03 Å². The van der Waals surface area contributed by atoms with Gasteiger partial charge in [-0.05, 0) is 18.4 Å². The Morgan fingerprint density at radius 3 is 3.00 bits per heavy atom. The largest absolute Gasteiger partial charge is 0.266 e. The quantitative estimate of drug-likeness (QED) is 0.853. The zero-order valence-corrected chi connectivity index (χ0v) is 11.3. The highest BCUT2D eigenvalue weighted by Crippen LogP contribution is 2.30. The highest BCUT2D eigenvalue weighted by molar-refractivity contribution is 9.09. The van der Waals surface area contributed by atoms with E-state index in [1.807, 2.05) is 0 Å². The predicted octanol–water partition coefficient (Wildman–Crippen LogP) is 1.20. The zero-order valence-electron chi connectivity index (χ0n) is 8.93. The smallest absolute Gasteiger partial charge is 0.260 e. The standard InChI is InChI=1S/C9H14BrN3O2S/c1-7-3-5-13(8(7)6-10)16(14,15)9-2-4-11-12-9/h2,4,7-8H,3,5-6H2,1H3,(H,11,12). The summed E-state index contributed by atoms with van der Waals surface area (Å²) < 4.78 is 26.0. The van der Waals surface area contributed by atoms with Gasteiger partial charge in [0.25, 0.3) is 10.0 Å². The van der Waals surface area contributed by atoms with Crippen LogP contribution in [0.4, 0.5) is 0 Å². The Kier molecular flexibility index (Phi) is 3.37. The van der Waals surface area contributed by atoms with Crippen molar-refractivity contribution in [2.75, 3.05) is 11.9 Å². The fraction of sp³-hybridized carbons (Fsp3) is 0.667. The Labute approximate surface area is 103 Å². The second-order valence-corrected chi connectivity index (χ2v) is 6.53. The average molecular weight is 308 g/mol. The van der Waals surface area contributed by atoms with Crippen molar-refractivity contribution in [1.29, 1.82) is 0 Å². The first-order valence-electron chi connectivity index (χ1n) is 5.14. The topological polar surface area (TPSA) is 66.1 Å². The van der Waals surface area contributed by atoms with E-state index in [2.05, 4.69) is 33.1 Å². The van der Waals surface area contributed by atoms with Crippen molar-refractivity contribution >= 4 is 26.0 Å². The van der Waals surface area contributed by atoms with Gasteiger partial charge in [0, 0.05) is 17.9 Å². The molecule has 1 saturated heterocycles. The third kappa shape index (κ3) is 1.91. The molecule has 0 bridgehead atoms. The van der Waals surface area contributed by atoms with E-state index in [-0.39, 0.29) is 11.1 Å². The number of halogens is 1. The average Bonchev–Trinajstić information content (AvgIpc) is 2.85. The number of nitrogens with zero attached hydrogens (tertiary/aromatic N) is 2. The van der Waals surface area contributed by atoms with Gasteiger partial charge in [-0.2, -0.15) is 9.40 Å². The van der Waals surface area contributed by atoms with E-state index in [4.69, 9.17) is 0 Å². The number of nitrogens with one attached hydrogen (secondary N) is 1. The number of alkyl halides is 1. The molecule has 90 valence electrons. The molecular weight excluding hydrogens is 294 g/mol. The normalized spacial score (nSPS) is 27.4. The first-order valence-corrected chi connectivity index (χ1v) is 7.70. The van der Waals surface area contributed by atoms with Crippen molar-refractivity contribution in [2.45, 2.75) is 24.4 Å². The van der Waals surface area contributed by atoms with Crippen LogP contribution in [0.15, 0.2) is 17.3 Å². The number of hydrogen-bond donors (Lipinski definition) is 1. The van der Waals surface area contributed by atoms with E-state index in [0.29, 0.717) is 17.8 Å². The highest BCUT2D eigenvalue weighted by atomic mass is 79.9. The molecule has 0 radical (unpaired) electrons. The molecular formula is C9H14BrN3O2S. The molecule has 0 spiro atoms. The summed E-state index contributed by atoms with van der Waals surface area (Å²) in [7, 11) is -3.40. The Morgan fingerprint density at radius 2 is 2.44 bits per heavy atom. The molecule has 2 heterocycles. The third-order valence-corrected chi connectivity index (χ3v) is 5.57. The van der Waals surface area contributed by atoms with Crippen molar-refractivity contribution < 1.29 is 8.42 Å². The molecule has 1 aromatic heterocycles. The van der Waals surface area contributed by atoms with Crippen LogP contribution in [0, 0.1) is 5.92 Å². The Morgan fingerprint density at radius 1 is 1.69 bits per heavy atom. The van der Waals surface area contributed by atoms with E-state index in [1.165, 1.54) is 12.3 Å². The molecule has 0 aliphatic carbocycles. The molecule has 16 heavy (non-hydrogen) atoms. The van der Waals surface area contributed by atoms with Gasteiger partial charge in [-0.1, -0.05) is 22.9 Å². The van der Waals surface area contributed by atoms with Crippen molar-refractivity contribution in [3.8, 4) is 0 Å². The van der Waals surface area contributed by atoms with Crippen molar-refractivity contribution in [3.05, 3.63) is 12.3 Å². The lowest BCUT2D eigenvalue weighted by Crippen LogP contribution is -2.38. The van der Waals surface area contributed by atoms with Gasteiger partial charge in [-0.25, -0.2) is 8.42 Å². The fourth-order valence-corrected chi connectivity index (χ4v) is 4.83. The predicted molar refractivity (Wildman–Crippen MR) is 63.8 cm³/mol. The molecule has 2 unspecified atom stereocenters. The lowest BCUT2D eigenvalue weighted by Gasteiger charge is -2.23. The Bertz CT molecular complexity index is 445. The monoisotopic (exact) mass is 307 g/mol. The van der Waals surface area contributed by atoms with Crippen molar-refractivity contribution in [2.24, 2.45) is 5.92 Å². The van der Waals surface area contributed by atoms with Crippen LogP contribution in [0.5, 0.6) is 0 Å². The lowest BCUT2D eigenvalue weighted by atomic mass is 10.1. The summed E-state index contributed by atoms with van der Waals surface area (Å²) in [6.07, 6.45) is 2.36. The summed E-state index contributed by atoms with van der Waals surface area (Å²) in [6.45, 7) is 2.66. The molecule has 0 aromatic carbocycles. The van der Waals surface area contributed by atoms with Crippen LogP contribution in [0.3, 0.4) is 0 Å². The summed E-state index contributed by atoms with van der Waals surface area (Å²) in [5.74, 6) is 0.386. The second kappa shape index (κ2) is 4.46. The molecule has 5 nitrogen and oxygen atoms in total. The fourth-order valence-electron chi connectivity index (χ4n) is 2.01. The van der Waals surface area contributed by atoms with Crippen LogP contribution < -0.4 is 0 Å². The van der Waals surface area contributed by atoms with E-state index in [1.54, 1.807) is 4.31 Å². The van der Waals surface area contributed by atoms with Crippen LogP contribution in [0.2, 0.25) is 0 Å². The van der Waals surface area contributed by atoms with Crippen LogP contribution in [0.1, 0.15) is 13.3 Å². The van der Waals surface area contributed by atoms with Gasteiger partial charge in [0.1, 0.15) is 0 Å². The van der Waals surface area contributed by atoms with Gasteiger partial charge in [-0.3, -0.25) is 5.10 Å². The Hall–Kier alpha value is -0.400. The molecule has 0 saturated carbocycles. The van der Waals surface area contributed by atoms with Crippen LogP contribution in [-0.2, 0) is 10.0 Å². The lowest BCUT2D eigenvalue weighted by molar-refractivity contribution is 0.377. The van der Waals surface area contributed by atoms with E-state index in [0.717, 1.165) is 6.42 Å². The molecule has 7 heteroatoms. The highest BCUT2D eigenvalue weighted by Gasteiger charge is 2.39. The zero-order chi connectivity index (χ0) is 11.8. The second-order valence-electron chi connectivity index (χ2n) is 4.02. The molecule has 1 aliphatic heterocycles. The minimum absolute atomic E-state index is 0.0355. The van der Waals surface area contributed by atoms with Gasteiger partial charge in [0.2, 0.25) is 0 Å². The molecule has 0 amide bonds. The maximum atomic E-state index is 12.2. The van der Waals surface area contributed by atoms with Gasteiger partial charge >= 0.3 is 0 Å². The summed E-state index contributed by atoms with van der Waals surface area (Å²) in [6, 6.07) is 1.53. The summed E-state index contributed by atoms with van der Waals surface area (Å²) in [5, 5.41) is 7.05. The summed E-state index contributed by atoms with van der Waals surface area (Å²) in [5.41, 5.74) is 0. The number of H-pyrrole nitrogens is 1. The van der Waals surface area contributed by atoms with E-state index >= 15 is 0 Å². The van der Waals surface area contributed by atoms with Gasteiger partial charge in [0.05, 0.1) is 6.20 Å². The minimum Gasteiger partial charge on any atom is -0.266 e. The maximum Gasteiger partial charge on any atom is 0.260 e. The van der Waals surface area contributed by atoms with E-state index < -0.39 is 10.0 Å². The molecule has 1 N–H and O–H groups in total. The van der Waals surface area contributed by atoms with Crippen LogP contribution >= 0.6 is 15.9 Å². The van der Waals surface area contributed by atoms with Gasteiger partial charge < -0.3 is 0 Å². The van der Waals surface area contributed by atoms with Crippen molar-refractivity contribution in [3.63, 3.8) is 0 Å². The first kappa shape index (κ1) is 12.1. The van der Waals surface area contributed by atoms with Gasteiger partial charge in [-0.15, -0.1) is 0 Å². The molecule has 1 fully saturated rings. The molecule has 1 aromatic rings. The number of aromatic nitrogens is 2. The van der Waals surface area contributed by atoms with Crippen molar-refractivity contribution in [1.82, 2.24) is 14.5 Å². The SMILES string of the molecule is CC1CCN(S(=O)(=O)c2ccn[nH]2)C1CBr. The first-order chi connectivity index (χ1) is 7.57.